The third-order valence-electron chi connectivity index (χ3n) is 4.92. The number of carbonyl (C=O) groups excluding carboxylic acids is 1. The van der Waals surface area contributed by atoms with E-state index in [1.807, 2.05) is 24.3 Å². The number of methoxy groups -OCH3 is 1. The van der Waals surface area contributed by atoms with E-state index in [0.717, 1.165) is 16.3 Å². The number of halogens is 2. The van der Waals surface area contributed by atoms with E-state index in [9.17, 15) is 13.2 Å². The predicted molar refractivity (Wildman–Crippen MR) is 132 cm³/mol. The van der Waals surface area contributed by atoms with E-state index in [2.05, 4.69) is 5.32 Å². The Morgan fingerprint density at radius 1 is 1.00 bits per heavy atom. The normalized spacial score (nSPS) is 11.1. The fourth-order valence-electron chi connectivity index (χ4n) is 3.20. The highest BCUT2D eigenvalue weighted by atomic mass is 35.5. The minimum absolute atomic E-state index is 0.0764. The number of anilines is 1. The molecule has 0 saturated heterocycles. The number of nitrogens with one attached hydrogen (secondary N) is 1. The molecule has 0 spiro atoms. The summed E-state index contributed by atoms with van der Waals surface area (Å²) in [5.74, 6) is -0.0123. The second-order valence-corrected chi connectivity index (χ2v) is 9.93. The molecular formula is C24H24Cl2N2O4S. The van der Waals surface area contributed by atoms with Gasteiger partial charge in [0.15, 0.2) is 0 Å². The zero-order valence-corrected chi connectivity index (χ0v) is 20.3. The highest BCUT2D eigenvalue weighted by molar-refractivity contribution is 7.92. The van der Waals surface area contributed by atoms with Crippen molar-refractivity contribution in [3.63, 3.8) is 0 Å². The second kappa shape index (κ2) is 11.4. The van der Waals surface area contributed by atoms with E-state index in [4.69, 9.17) is 27.9 Å². The molecule has 1 amide bonds. The number of amides is 1. The van der Waals surface area contributed by atoms with Gasteiger partial charge < -0.3 is 10.1 Å². The summed E-state index contributed by atoms with van der Waals surface area (Å²) in [5.41, 5.74) is 1.37. The first-order valence-corrected chi connectivity index (χ1v) is 12.4. The highest BCUT2D eigenvalue weighted by Gasteiger charge is 2.27. The fraction of sp³-hybridized carbons (Fsp3) is 0.208. The van der Waals surface area contributed by atoms with Gasteiger partial charge in [-0.1, -0.05) is 53.5 Å². The Kier molecular flexibility index (Phi) is 8.61. The first-order chi connectivity index (χ1) is 15.8. The van der Waals surface area contributed by atoms with E-state index < -0.39 is 15.9 Å². The first-order valence-electron chi connectivity index (χ1n) is 10.2. The number of carbonyl (C=O) groups is 1. The van der Waals surface area contributed by atoms with E-state index in [0.29, 0.717) is 23.7 Å². The van der Waals surface area contributed by atoms with Crippen LogP contribution < -0.4 is 14.4 Å². The summed E-state index contributed by atoms with van der Waals surface area (Å²) >= 11 is 12.1. The van der Waals surface area contributed by atoms with Crippen molar-refractivity contribution in [3.8, 4) is 5.75 Å². The molecule has 0 fully saturated rings. The van der Waals surface area contributed by atoms with Gasteiger partial charge >= 0.3 is 0 Å². The van der Waals surface area contributed by atoms with Crippen LogP contribution in [0.4, 0.5) is 5.69 Å². The summed E-state index contributed by atoms with van der Waals surface area (Å²) in [6, 6.07) is 20.0. The molecule has 0 unspecified atom stereocenters. The molecule has 33 heavy (non-hydrogen) atoms. The molecule has 0 aliphatic rings. The van der Waals surface area contributed by atoms with Gasteiger partial charge in [-0.3, -0.25) is 9.10 Å². The topological polar surface area (TPSA) is 75.7 Å². The van der Waals surface area contributed by atoms with Gasteiger partial charge in [0.25, 0.3) is 10.0 Å². The molecule has 1 N–H and O–H groups in total. The summed E-state index contributed by atoms with van der Waals surface area (Å²) in [6.45, 7) is 0.0187. The predicted octanol–water partition coefficient (Wildman–Crippen LogP) is 4.95. The molecule has 0 aliphatic heterocycles. The van der Waals surface area contributed by atoms with Gasteiger partial charge in [0.1, 0.15) is 12.3 Å². The van der Waals surface area contributed by atoms with Crippen LogP contribution in [0.25, 0.3) is 0 Å². The Morgan fingerprint density at radius 2 is 1.70 bits per heavy atom. The lowest BCUT2D eigenvalue weighted by molar-refractivity contribution is -0.119. The Balaban J connectivity index is 1.73. The smallest absolute Gasteiger partial charge is 0.264 e. The maximum Gasteiger partial charge on any atom is 0.264 e. The van der Waals surface area contributed by atoms with Crippen molar-refractivity contribution in [2.45, 2.75) is 17.7 Å². The van der Waals surface area contributed by atoms with E-state index >= 15 is 0 Å². The molecule has 174 valence electrons. The molecule has 3 aromatic carbocycles. The molecule has 9 heteroatoms. The van der Waals surface area contributed by atoms with Gasteiger partial charge in [0.05, 0.1) is 22.7 Å². The molecule has 0 radical (unpaired) electrons. The molecule has 0 saturated carbocycles. The SMILES string of the molecule is COc1ccc(N(CC(=O)NCCCc2ccc(Cl)cc2)S(=O)(=O)c2ccccc2)cc1Cl. The molecule has 0 bridgehead atoms. The third-order valence-corrected chi connectivity index (χ3v) is 7.25. The minimum atomic E-state index is -4.00. The van der Waals surface area contributed by atoms with Gasteiger partial charge in [-0.05, 0) is 60.9 Å². The fourth-order valence-corrected chi connectivity index (χ4v) is 5.01. The molecule has 3 rings (SSSR count). The van der Waals surface area contributed by atoms with Crippen LogP contribution in [0.5, 0.6) is 5.75 Å². The number of hydrogen-bond donors (Lipinski definition) is 1. The molecule has 6 nitrogen and oxygen atoms in total. The number of aryl methyl sites for hydroxylation is 1. The van der Waals surface area contributed by atoms with Crippen LogP contribution >= 0.6 is 23.2 Å². The molecule has 3 aromatic rings. The van der Waals surface area contributed by atoms with Crippen molar-refractivity contribution in [2.75, 3.05) is 24.5 Å². The summed E-state index contributed by atoms with van der Waals surface area (Å²) in [5, 5.41) is 3.71. The number of hydrogen-bond acceptors (Lipinski definition) is 4. The Morgan fingerprint density at radius 3 is 2.33 bits per heavy atom. The van der Waals surface area contributed by atoms with Crippen molar-refractivity contribution in [1.29, 1.82) is 0 Å². The lowest BCUT2D eigenvalue weighted by Gasteiger charge is -2.24. The first kappa shape index (κ1) is 24.9. The lowest BCUT2D eigenvalue weighted by Crippen LogP contribution is -2.41. The molecular weight excluding hydrogens is 483 g/mol. The number of ether oxygens (including phenoxy) is 1. The summed E-state index contributed by atoms with van der Waals surface area (Å²) in [7, 11) is -2.53. The van der Waals surface area contributed by atoms with Crippen molar-refractivity contribution < 1.29 is 17.9 Å². The van der Waals surface area contributed by atoms with E-state index in [1.165, 1.54) is 25.3 Å². The molecule has 0 aromatic heterocycles. The maximum absolute atomic E-state index is 13.3. The second-order valence-electron chi connectivity index (χ2n) is 7.22. The Hall–Kier alpha value is -2.74. The van der Waals surface area contributed by atoms with Crippen LogP contribution in [-0.2, 0) is 21.2 Å². The summed E-state index contributed by atoms with van der Waals surface area (Å²) < 4.78 is 32.9. The summed E-state index contributed by atoms with van der Waals surface area (Å²) in [4.78, 5) is 12.8. The number of sulfonamides is 1. The molecule has 0 atom stereocenters. The number of rotatable bonds is 10. The Bertz CT molecular complexity index is 1190. The van der Waals surface area contributed by atoms with Gasteiger partial charge in [-0.2, -0.15) is 0 Å². The third kappa shape index (κ3) is 6.63. The van der Waals surface area contributed by atoms with Crippen LogP contribution in [0.2, 0.25) is 10.0 Å². The zero-order valence-electron chi connectivity index (χ0n) is 18.0. The minimum Gasteiger partial charge on any atom is -0.495 e. The number of nitrogens with zero attached hydrogens (tertiary/aromatic N) is 1. The van der Waals surface area contributed by atoms with Gasteiger partial charge in [0, 0.05) is 11.6 Å². The van der Waals surface area contributed by atoms with Crippen LogP contribution in [0.1, 0.15) is 12.0 Å². The van der Waals surface area contributed by atoms with Crippen LogP contribution in [0.3, 0.4) is 0 Å². The van der Waals surface area contributed by atoms with E-state index in [-0.39, 0.29) is 22.2 Å². The summed E-state index contributed by atoms with van der Waals surface area (Å²) in [6.07, 6.45) is 1.46. The number of benzene rings is 3. The average molecular weight is 507 g/mol. The van der Waals surface area contributed by atoms with Crippen molar-refractivity contribution in [3.05, 3.63) is 88.4 Å². The van der Waals surface area contributed by atoms with Crippen LogP contribution in [0.15, 0.2) is 77.7 Å². The largest absolute Gasteiger partial charge is 0.495 e. The van der Waals surface area contributed by atoms with Crippen molar-refractivity contribution in [1.82, 2.24) is 5.32 Å². The Labute approximate surface area is 204 Å². The molecule has 0 aliphatic carbocycles. The van der Waals surface area contributed by atoms with Gasteiger partial charge in [-0.25, -0.2) is 8.42 Å². The average Bonchev–Trinajstić information content (AvgIpc) is 2.82. The highest BCUT2D eigenvalue weighted by Crippen LogP contribution is 2.31. The zero-order chi connectivity index (χ0) is 23.8. The van der Waals surface area contributed by atoms with Crippen LogP contribution in [-0.4, -0.2) is 34.5 Å². The maximum atomic E-state index is 13.3. The van der Waals surface area contributed by atoms with Crippen molar-refractivity contribution >= 4 is 44.8 Å². The molecule has 0 heterocycles. The quantitative estimate of drug-likeness (QED) is 0.394. The monoisotopic (exact) mass is 506 g/mol. The van der Waals surface area contributed by atoms with Crippen LogP contribution in [0, 0.1) is 0 Å². The lowest BCUT2D eigenvalue weighted by atomic mass is 10.1. The van der Waals surface area contributed by atoms with E-state index in [1.54, 1.807) is 30.3 Å². The standard InChI is InChI=1S/C24H24Cl2N2O4S/c1-32-23-14-13-20(16-22(23)26)28(33(30,31)21-7-3-2-4-8-21)17-24(29)27-15-5-6-18-9-11-19(25)12-10-18/h2-4,7-14,16H,5-6,15,17H2,1H3,(H,27,29). The van der Waals surface area contributed by atoms with Gasteiger partial charge in [-0.15, -0.1) is 0 Å². The van der Waals surface area contributed by atoms with Gasteiger partial charge in [0.2, 0.25) is 5.91 Å². The van der Waals surface area contributed by atoms with Crippen molar-refractivity contribution in [2.24, 2.45) is 0 Å².